The van der Waals surface area contributed by atoms with Gasteiger partial charge in [-0.3, -0.25) is 0 Å². The van der Waals surface area contributed by atoms with Gasteiger partial charge >= 0.3 is 0 Å². The molecule has 0 atom stereocenters. The smallest absolute Gasteiger partial charge is 0.256 e. The van der Waals surface area contributed by atoms with E-state index in [1.54, 1.807) is 0 Å². The van der Waals surface area contributed by atoms with Crippen molar-refractivity contribution in [1.82, 2.24) is 9.13 Å². The molecule has 9 aromatic carbocycles. The second kappa shape index (κ2) is 12.5. The maximum absolute atomic E-state index is 7.31. The fraction of sp³-hybridized carbons (Fsp3) is 0.143. The van der Waals surface area contributed by atoms with Crippen LogP contribution in [0.5, 0.6) is 11.5 Å². The minimum atomic E-state index is -0.455. The average Bonchev–Trinajstić information content (AvgIpc) is 4.04. The molecule has 0 saturated heterocycles. The number of rotatable bonds is 1. The molecule has 0 fully saturated rings. The lowest BCUT2D eigenvalue weighted by atomic mass is 9.34. The predicted molar refractivity (Wildman–Crippen MR) is 280 cm³/mol. The largest absolute Gasteiger partial charge is 0.458 e. The van der Waals surface area contributed by atoms with Gasteiger partial charge in [-0.2, -0.15) is 0 Å². The molecule has 4 heteroatoms. The first-order chi connectivity index (χ1) is 32.5. The van der Waals surface area contributed by atoms with Crippen LogP contribution in [0.15, 0.2) is 176 Å². The summed E-state index contributed by atoms with van der Waals surface area (Å²) in [6.45, 7) is 14.0. The fourth-order valence-electron chi connectivity index (χ4n) is 13.1. The molecule has 0 amide bonds. The normalized spacial score (nSPS) is 14.6. The van der Waals surface area contributed by atoms with Gasteiger partial charge in [-0.25, -0.2) is 0 Å². The van der Waals surface area contributed by atoms with E-state index < -0.39 is 5.41 Å². The molecule has 2 aliphatic heterocycles. The van der Waals surface area contributed by atoms with Gasteiger partial charge in [0.1, 0.15) is 11.5 Å². The molecule has 0 N–H and O–H groups in total. The van der Waals surface area contributed by atoms with Crippen molar-refractivity contribution in [3.63, 3.8) is 0 Å². The summed E-state index contributed by atoms with van der Waals surface area (Å²) in [5, 5.41) is 5.10. The van der Waals surface area contributed by atoms with Crippen molar-refractivity contribution in [3.05, 3.63) is 209 Å². The van der Waals surface area contributed by atoms with Crippen LogP contribution in [0.4, 0.5) is 0 Å². The zero-order valence-electron chi connectivity index (χ0n) is 38.6. The Morgan fingerprint density at radius 2 is 1.00 bits per heavy atom. The van der Waals surface area contributed by atoms with E-state index >= 15 is 0 Å². The first kappa shape index (κ1) is 37.6. The number of para-hydroxylation sites is 2. The first-order valence-corrected chi connectivity index (χ1v) is 24.0. The molecule has 0 unspecified atom stereocenters. The van der Waals surface area contributed by atoms with Gasteiger partial charge in [-0.15, -0.1) is 0 Å². The highest BCUT2D eigenvalue weighted by molar-refractivity contribution is 6.99. The van der Waals surface area contributed by atoms with Crippen LogP contribution in [0.1, 0.15) is 74.9 Å². The molecule has 2 aromatic heterocycles. The molecule has 4 heterocycles. The molecule has 0 radical (unpaired) electrons. The van der Waals surface area contributed by atoms with Crippen molar-refractivity contribution in [3.8, 4) is 45.1 Å². The Balaban J connectivity index is 1.07. The van der Waals surface area contributed by atoms with Gasteiger partial charge in [-0.05, 0) is 125 Å². The fourth-order valence-corrected chi connectivity index (χ4v) is 13.1. The number of nitrogens with zero attached hydrogens (tertiary/aromatic N) is 2. The monoisotopic (exact) mass is 858 g/mol. The van der Waals surface area contributed by atoms with Crippen molar-refractivity contribution in [2.45, 2.75) is 57.8 Å². The standard InChI is InChI=1S/C63H47BN2O/c1-61(2,3)36-30-37(62(4,5)6)32-38(31-36)65-52-26-15-10-21-42(52)45-34-51-60-57(59(45)65)43-22-11-16-27-53(43)66(60)54-28-17-29-55-58(54)64(51)50-33-44-41-20-9-14-25-48(41)63(49(44)35-56(50)67-55)46-23-12-7-18-39(46)40-19-8-13-24-47(40)63/h7-35H,1-6H3. The van der Waals surface area contributed by atoms with Gasteiger partial charge in [0.05, 0.1) is 27.5 Å². The second-order valence-electron chi connectivity index (χ2n) is 21.6. The van der Waals surface area contributed by atoms with Gasteiger partial charge in [0.25, 0.3) is 6.71 Å². The number of ether oxygens (including phenoxy) is 1. The molecule has 0 saturated carbocycles. The topological polar surface area (TPSA) is 19.1 Å². The van der Waals surface area contributed by atoms with E-state index in [1.165, 1.54) is 127 Å². The van der Waals surface area contributed by atoms with E-state index in [0.29, 0.717) is 0 Å². The van der Waals surface area contributed by atoms with E-state index in [9.17, 15) is 0 Å². The van der Waals surface area contributed by atoms with Gasteiger partial charge < -0.3 is 13.9 Å². The highest BCUT2D eigenvalue weighted by Gasteiger charge is 2.53. The van der Waals surface area contributed by atoms with Crippen LogP contribution >= 0.6 is 0 Å². The summed E-state index contributed by atoms with van der Waals surface area (Å²) < 4.78 is 12.5. The Kier molecular flexibility index (Phi) is 7.00. The van der Waals surface area contributed by atoms with E-state index in [1.807, 2.05) is 0 Å². The lowest BCUT2D eigenvalue weighted by Gasteiger charge is -2.35. The molecule has 318 valence electrons. The molecule has 0 bridgehead atoms. The van der Waals surface area contributed by atoms with Gasteiger partial charge in [-0.1, -0.05) is 175 Å². The number of hydrogen-bond acceptors (Lipinski definition) is 1. The Labute approximate surface area is 391 Å². The van der Waals surface area contributed by atoms with E-state index in [2.05, 4.69) is 227 Å². The summed E-state index contributed by atoms with van der Waals surface area (Å²) in [5.74, 6) is 1.87. The molecule has 11 aromatic rings. The zero-order valence-corrected chi connectivity index (χ0v) is 38.6. The molecule has 2 aliphatic carbocycles. The summed E-state index contributed by atoms with van der Waals surface area (Å²) in [5.41, 5.74) is 23.9. The van der Waals surface area contributed by atoms with Crippen LogP contribution in [-0.2, 0) is 16.2 Å². The molecule has 1 spiro atoms. The van der Waals surface area contributed by atoms with E-state index in [4.69, 9.17) is 4.74 Å². The average molecular weight is 859 g/mol. The number of aromatic nitrogens is 2. The maximum Gasteiger partial charge on any atom is 0.256 e. The lowest BCUT2D eigenvalue weighted by Crippen LogP contribution is -2.58. The van der Waals surface area contributed by atoms with Crippen molar-refractivity contribution >= 4 is 66.7 Å². The Morgan fingerprint density at radius 3 is 1.64 bits per heavy atom. The minimum absolute atomic E-state index is 0.0309. The molecular weight excluding hydrogens is 812 g/mol. The Bertz CT molecular complexity index is 3980. The quantitative estimate of drug-likeness (QED) is 0.151. The summed E-state index contributed by atoms with van der Waals surface area (Å²) in [6.07, 6.45) is 0. The van der Waals surface area contributed by atoms with Gasteiger partial charge in [0.2, 0.25) is 0 Å². The van der Waals surface area contributed by atoms with Crippen molar-refractivity contribution in [2.24, 2.45) is 0 Å². The molecule has 4 aliphatic rings. The van der Waals surface area contributed by atoms with Crippen LogP contribution in [0, 0.1) is 0 Å². The van der Waals surface area contributed by atoms with Crippen molar-refractivity contribution < 1.29 is 4.74 Å². The predicted octanol–water partition coefficient (Wildman–Crippen LogP) is 13.8. The van der Waals surface area contributed by atoms with Gasteiger partial charge in [0.15, 0.2) is 0 Å². The Hall–Kier alpha value is -7.56. The molecule has 15 rings (SSSR count). The van der Waals surface area contributed by atoms with Crippen molar-refractivity contribution in [2.75, 3.05) is 0 Å². The third kappa shape index (κ3) is 4.59. The third-order valence-electron chi connectivity index (χ3n) is 16.0. The molecule has 3 nitrogen and oxygen atoms in total. The maximum atomic E-state index is 7.31. The SMILES string of the molecule is CC(C)(C)c1cc(-n2c3ccccc3c3cc4c5c(c6ccccc6n5-c5cccc6c5B4c4cc5c(cc4O6)C4(c6ccccc6-c6ccccc64)c4ccccc4-5)c32)cc(C(C)(C)C)c1. The Morgan fingerprint density at radius 1 is 0.433 bits per heavy atom. The minimum Gasteiger partial charge on any atom is -0.458 e. The van der Waals surface area contributed by atoms with Crippen LogP contribution in [-0.4, -0.2) is 15.8 Å². The number of fused-ring (bicyclic) bond motifs is 21. The highest BCUT2D eigenvalue weighted by atomic mass is 16.5. The third-order valence-corrected chi connectivity index (χ3v) is 16.0. The summed E-state index contributed by atoms with van der Waals surface area (Å²) >= 11 is 0. The van der Waals surface area contributed by atoms with E-state index in [-0.39, 0.29) is 17.5 Å². The molecule has 67 heavy (non-hydrogen) atoms. The van der Waals surface area contributed by atoms with Crippen LogP contribution in [0.3, 0.4) is 0 Å². The van der Waals surface area contributed by atoms with Crippen LogP contribution in [0.25, 0.3) is 77.2 Å². The van der Waals surface area contributed by atoms with Crippen molar-refractivity contribution in [1.29, 1.82) is 0 Å². The second-order valence-corrected chi connectivity index (χ2v) is 21.6. The van der Waals surface area contributed by atoms with Crippen LogP contribution < -0.4 is 21.1 Å². The molecular formula is C63H47BN2O. The summed E-state index contributed by atoms with van der Waals surface area (Å²) in [7, 11) is 0. The summed E-state index contributed by atoms with van der Waals surface area (Å²) in [6, 6.07) is 67.0. The number of hydrogen-bond donors (Lipinski definition) is 0. The van der Waals surface area contributed by atoms with Gasteiger partial charge in [0, 0.05) is 32.9 Å². The zero-order chi connectivity index (χ0) is 44.9. The highest BCUT2D eigenvalue weighted by Crippen LogP contribution is 2.63. The van der Waals surface area contributed by atoms with Crippen LogP contribution in [0.2, 0.25) is 0 Å². The summed E-state index contributed by atoms with van der Waals surface area (Å²) in [4.78, 5) is 0. The number of benzene rings is 9. The van der Waals surface area contributed by atoms with E-state index in [0.717, 1.165) is 11.5 Å². The lowest BCUT2D eigenvalue weighted by molar-refractivity contribution is 0.486. The first-order valence-electron chi connectivity index (χ1n) is 24.0.